The van der Waals surface area contributed by atoms with E-state index in [1.165, 1.54) is 18.4 Å². The summed E-state index contributed by atoms with van der Waals surface area (Å²) in [4.78, 5) is 120. The fourth-order valence-electron chi connectivity index (χ4n) is 4.55. The zero-order valence-corrected chi connectivity index (χ0v) is 35.5. The highest BCUT2D eigenvalue weighted by Gasteiger charge is 2.26. The van der Waals surface area contributed by atoms with Crippen LogP contribution in [0.2, 0.25) is 0 Å². The molecule has 2 aromatic rings. The number of rotatable bonds is 24. The summed E-state index contributed by atoms with van der Waals surface area (Å²) in [5.41, 5.74) is 12.7. The summed E-state index contributed by atoms with van der Waals surface area (Å²) < 4.78 is 0. The maximum absolute atomic E-state index is 12.9. The summed E-state index contributed by atoms with van der Waals surface area (Å²) in [5.74, 6) is -9.47. The summed E-state index contributed by atoms with van der Waals surface area (Å²) in [7, 11) is 0. The predicted octanol–water partition coefficient (Wildman–Crippen LogP) is -1.49. The molecule has 2 rings (SSSR count). The Morgan fingerprint density at radius 3 is 1.45 bits per heavy atom. The van der Waals surface area contributed by atoms with E-state index in [0.717, 1.165) is 0 Å². The third-order valence-electron chi connectivity index (χ3n) is 8.23. The first-order chi connectivity index (χ1) is 29.3. The van der Waals surface area contributed by atoms with Crippen molar-refractivity contribution >= 4 is 59.2 Å². The van der Waals surface area contributed by atoms with E-state index < -0.39 is 122 Å². The van der Waals surface area contributed by atoms with Gasteiger partial charge in [-0.25, -0.2) is 0 Å². The highest BCUT2D eigenvalue weighted by atomic mass is 16.4. The van der Waals surface area contributed by atoms with E-state index in [9.17, 15) is 47.9 Å². The normalized spacial score (nSPS) is 12.0. The van der Waals surface area contributed by atoms with Gasteiger partial charge in [-0.1, -0.05) is 99.8 Å². The topological polar surface area (TPSA) is 347 Å². The Hall–Kier alpha value is -6.90. The molecule has 0 bridgehead atoms. The van der Waals surface area contributed by atoms with Crippen LogP contribution in [0.25, 0.3) is 0 Å². The molecular weight excluding hydrogens is 811 g/mol. The molecular formula is C41H61N9O12. The molecule has 0 aromatic heterocycles. The lowest BCUT2D eigenvalue weighted by atomic mass is 10.1. The van der Waals surface area contributed by atoms with Gasteiger partial charge in [0.15, 0.2) is 0 Å². The van der Waals surface area contributed by atoms with Gasteiger partial charge < -0.3 is 58.9 Å². The lowest BCUT2D eigenvalue weighted by molar-refractivity contribution is -0.140. The van der Waals surface area contributed by atoms with Crippen LogP contribution in [0.3, 0.4) is 0 Å². The second kappa shape index (κ2) is 31.9. The number of carboxylic acid groups (broad SMARTS) is 2. The molecule has 21 nitrogen and oxygen atoms in total. The SMILES string of the molecule is CCC(N)C(=O)NC(CCC(=O)O)C(=O)NCC(=O)NCC(=O)NCC(=O)NC(Cc1ccccc1)C(=O)NCC(=O)NC(CC(=O)O)C(N)=O.CCCC.Cc1ccccc1. The molecule has 0 aliphatic heterocycles. The van der Waals surface area contributed by atoms with Gasteiger partial charge in [-0.3, -0.25) is 47.9 Å². The van der Waals surface area contributed by atoms with E-state index in [2.05, 4.69) is 70.1 Å². The summed E-state index contributed by atoms with van der Waals surface area (Å²) >= 11 is 0. The molecule has 342 valence electrons. The van der Waals surface area contributed by atoms with Crippen LogP contribution < -0.4 is 48.7 Å². The third-order valence-corrected chi connectivity index (χ3v) is 8.23. The smallest absolute Gasteiger partial charge is 0.305 e. The maximum Gasteiger partial charge on any atom is 0.305 e. The van der Waals surface area contributed by atoms with E-state index in [1.807, 2.05) is 18.2 Å². The Labute approximate surface area is 360 Å². The molecule has 0 spiro atoms. The number of nitrogens with one attached hydrogen (secondary N) is 7. The third kappa shape index (κ3) is 27.0. The first-order valence-electron chi connectivity index (χ1n) is 19.8. The average molecular weight is 872 g/mol. The molecule has 0 saturated heterocycles. The number of carbonyl (C=O) groups excluding carboxylic acids is 8. The number of primary amides is 1. The number of unbranched alkanes of at least 4 members (excludes halogenated alkanes) is 1. The van der Waals surface area contributed by atoms with Crippen molar-refractivity contribution in [2.45, 2.75) is 96.8 Å². The van der Waals surface area contributed by atoms with E-state index >= 15 is 0 Å². The zero-order chi connectivity index (χ0) is 47.0. The van der Waals surface area contributed by atoms with Crippen molar-refractivity contribution in [3.8, 4) is 0 Å². The number of aryl methyl sites for hydroxylation is 1. The Bertz CT molecular complexity index is 1760. The van der Waals surface area contributed by atoms with Gasteiger partial charge in [-0.05, 0) is 25.3 Å². The number of benzene rings is 2. The monoisotopic (exact) mass is 871 g/mol. The van der Waals surface area contributed by atoms with Gasteiger partial charge >= 0.3 is 11.9 Å². The van der Waals surface area contributed by atoms with Crippen LogP contribution in [0.5, 0.6) is 0 Å². The van der Waals surface area contributed by atoms with E-state index in [-0.39, 0.29) is 19.3 Å². The highest BCUT2D eigenvalue weighted by Crippen LogP contribution is 2.04. The molecule has 8 amide bonds. The Morgan fingerprint density at radius 1 is 0.565 bits per heavy atom. The minimum Gasteiger partial charge on any atom is -0.481 e. The largest absolute Gasteiger partial charge is 0.481 e. The molecule has 0 radical (unpaired) electrons. The van der Waals surface area contributed by atoms with Crippen molar-refractivity contribution < 1.29 is 58.2 Å². The van der Waals surface area contributed by atoms with E-state index in [4.69, 9.17) is 21.7 Å². The molecule has 4 unspecified atom stereocenters. The second-order valence-corrected chi connectivity index (χ2v) is 13.6. The van der Waals surface area contributed by atoms with Crippen molar-refractivity contribution in [1.29, 1.82) is 0 Å². The molecule has 13 N–H and O–H groups in total. The van der Waals surface area contributed by atoms with Gasteiger partial charge in [-0.2, -0.15) is 0 Å². The van der Waals surface area contributed by atoms with Crippen LogP contribution in [0, 0.1) is 6.92 Å². The van der Waals surface area contributed by atoms with Gasteiger partial charge in [0.2, 0.25) is 47.3 Å². The molecule has 0 aliphatic rings. The standard InChI is InChI=1S/C30H43N9O12.C7H8.C4H10/c1-2-17(31)28(49)39-18(8-9-25(44)45)29(50)35-13-22(41)33-12-21(40)34-14-23(42)38-20(10-16-6-4-3-5-7-16)30(51)36-15-24(43)37-19(27(32)48)11-26(46)47;1-7-5-3-2-4-6-7;1-3-4-2/h3-7,17-20H,2,8-15,31H2,1H3,(H2,32,48)(H,33,41)(H,34,40)(H,35,50)(H,36,51)(H,37,43)(H,38,42)(H,39,49)(H,44,45)(H,46,47);2-6H,1H3;3-4H2,1-2H3. The summed E-state index contributed by atoms with van der Waals surface area (Å²) in [6.45, 7) is 5.50. The molecule has 0 aliphatic carbocycles. The molecule has 21 heteroatoms. The van der Waals surface area contributed by atoms with Crippen molar-refractivity contribution in [2.75, 3.05) is 26.2 Å². The van der Waals surface area contributed by atoms with Gasteiger partial charge in [0, 0.05) is 12.8 Å². The van der Waals surface area contributed by atoms with Crippen LogP contribution in [0.15, 0.2) is 60.7 Å². The number of hydrogen-bond donors (Lipinski definition) is 11. The van der Waals surface area contributed by atoms with Gasteiger partial charge in [0.1, 0.15) is 18.1 Å². The lowest BCUT2D eigenvalue weighted by Gasteiger charge is -2.20. The number of carbonyl (C=O) groups is 10. The number of amides is 8. The second-order valence-electron chi connectivity index (χ2n) is 13.6. The van der Waals surface area contributed by atoms with Crippen molar-refractivity contribution in [2.24, 2.45) is 11.5 Å². The van der Waals surface area contributed by atoms with Crippen molar-refractivity contribution in [3.05, 3.63) is 71.8 Å². The van der Waals surface area contributed by atoms with Gasteiger partial charge in [0.25, 0.3) is 0 Å². The average Bonchev–Trinajstić information content (AvgIpc) is 3.24. The highest BCUT2D eigenvalue weighted by molar-refractivity contribution is 5.95. The Kier molecular flexibility index (Phi) is 28.4. The Balaban J connectivity index is 0.00000294. The molecule has 4 atom stereocenters. The van der Waals surface area contributed by atoms with Crippen LogP contribution in [-0.2, 0) is 54.4 Å². The maximum atomic E-state index is 12.9. The van der Waals surface area contributed by atoms with Crippen molar-refractivity contribution in [3.63, 3.8) is 0 Å². The summed E-state index contributed by atoms with van der Waals surface area (Å²) in [6.07, 6.45) is 1.36. The van der Waals surface area contributed by atoms with Crippen LogP contribution >= 0.6 is 0 Å². The number of nitrogens with two attached hydrogens (primary N) is 2. The number of aliphatic carboxylic acids is 2. The minimum absolute atomic E-state index is 0.0368. The molecule has 0 fully saturated rings. The zero-order valence-electron chi connectivity index (χ0n) is 35.5. The number of hydrogen-bond acceptors (Lipinski definition) is 11. The first kappa shape index (κ1) is 55.1. The molecule has 0 heterocycles. The van der Waals surface area contributed by atoms with Crippen LogP contribution in [0.1, 0.15) is 70.4 Å². The summed E-state index contributed by atoms with van der Waals surface area (Å²) in [5, 5.41) is 33.6. The Morgan fingerprint density at radius 2 is 1.02 bits per heavy atom. The quantitative estimate of drug-likeness (QED) is 0.0574. The van der Waals surface area contributed by atoms with Crippen molar-refractivity contribution in [1.82, 2.24) is 37.2 Å². The summed E-state index contributed by atoms with van der Waals surface area (Å²) in [6, 6.07) is 13.7. The lowest BCUT2D eigenvalue weighted by Crippen LogP contribution is -2.54. The van der Waals surface area contributed by atoms with Gasteiger partial charge in [0.05, 0.1) is 38.6 Å². The van der Waals surface area contributed by atoms with E-state index in [0.29, 0.717) is 5.56 Å². The first-order valence-corrected chi connectivity index (χ1v) is 19.8. The minimum atomic E-state index is -1.52. The van der Waals surface area contributed by atoms with E-state index in [1.54, 1.807) is 37.3 Å². The van der Waals surface area contributed by atoms with Gasteiger partial charge in [-0.15, -0.1) is 0 Å². The molecule has 2 aromatic carbocycles. The number of carboxylic acids is 2. The van der Waals surface area contributed by atoms with Crippen LogP contribution in [-0.4, -0.2) is 120 Å². The fraction of sp³-hybridized carbons (Fsp3) is 0.463. The van der Waals surface area contributed by atoms with Crippen LogP contribution in [0.4, 0.5) is 0 Å². The predicted molar refractivity (Wildman–Crippen MR) is 226 cm³/mol. The molecule has 0 saturated carbocycles. The molecule has 62 heavy (non-hydrogen) atoms. The fourth-order valence-corrected chi connectivity index (χ4v) is 4.55.